The molecule has 1 N–H and O–H groups in total. The van der Waals surface area contributed by atoms with Crippen LogP contribution in [0.15, 0.2) is 41.4 Å². The van der Waals surface area contributed by atoms with E-state index in [-0.39, 0.29) is 29.2 Å². The first-order valence-electron chi connectivity index (χ1n) is 6.21. The smallest absolute Gasteiger partial charge is 0.179 e. The Morgan fingerprint density at radius 1 is 1.14 bits per heavy atom. The summed E-state index contributed by atoms with van der Waals surface area (Å²) in [7, 11) is -3.42. The molecule has 0 aliphatic carbocycles. The van der Waals surface area contributed by atoms with Gasteiger partial charge in [0.15, 0.2) is 9.84 Å². The first kappa shape index (κ1) is 15.4. The first-order valence-corrected chi connectivity index (χ1v) is 8.10. The van der Waals surface area contributed by atoms with Crippen molar-refractivity contribution in [1.29, 1.82) is 0 Å². The zero-order chi connectivity index (χ0) is 15.5. The van der Waals surface area contributed by atoms with Crippen LogP contribution >= 0.6 is 0 Å². The number of hydrogen-bond donors (Lipinski definition) is 1. The zero-order valence-electron chi connectivity index (χ0n) is 11.3. The van der Waals surface area contributed by atoms with Crippen LogP contribution in [0.5, 0.6) is 0 Å². The number of nitrogens with zero attached hydrogens (tertiary/aromatic N) is 1. The first-order chi connectivity index (χ1) is 9.89. The second-order valence-corrected chi connectivity index (χ2v) is 6.48. The van der Waals surface area contributed by atoms with Gasteiger partial charge in [-0.25, -0.2) is 22.2 Å². The topological polar surface area (TPSA) is 59.1 Å². The van der Waals surface area contributed by atoms with Crippen molar-refractivity contribution in [2.75, 3.05) is 18.1 Å². The van der Waals surface area contributed by atoms with Gasteiger partial charge in [-0.15, -0.1) is 0 Å². The minimum Gasteiger partial charge on any atom is -0.369 e. The summed E-state index contributed by atoms with van der Waals surface area (Å²) in [5.41, 5.74) is -0.0400. The maximum atomic E-state index is 13.5. The summed E-state index contributed by atoms with van der Waals surface area (Å²) in [5.74, 6) is -1.07. The molecule has 7 heteroatoms. The molecule has 0 spiro atoms. The number of aromatic nitrogens is 1. The minimum atomic E-state index is -3.42. The van der Waals surface area contributed by atoms with E-state index in [4.69, 9.17) is 0 Å². The second kappa shape index (κ2) is 6.17. The Hall–Kier alpha value is -2.02. The molecule has 0 saturated carbocycles. The molecule has 0 aliphatic rings. The average molecular weight is 312 g/mol. The molecule has 112 valence electrons. The Morgan fingerprint density at radius 2 is 1.81 bits per heavy atom. The fourth-order valence-corrected chi connectivity index (χ4v) is 2.70. The fourth-order valence-electron chi connectivity index (χ4n) is 1.90. The van der Waals surface area contributed by atoms with E-state index < -0.39 is 21.5 Å². The SMILES string of the molecule is CS(=O)(=O)c1cccnc1NCCc1c(F)cccc1F. The summed E-state index contributed by atoms with van der Waals surface area (Å²) >= 11 is 0. The Bertz CT molecular complexity index is 728. The van der Waals surface area contributed by atoms with Gasteiger partial charge in [-0.05, 0) is 30.7 Å². The van der Waals surface area contributed by atoms with Crippen LogP contribution in [0.1, 0.15) is 5.56 Å². The van der Waals surface area contributed by atoms with Crippen LogP contribution in [0.2, 0.25) is 0 Å². The highest BCUT2D eigenvalue weighted by atomic mass is 32.2. The lowest BCUT2D eigenvalue weighted by Crippen LogP contribution is -2.12. The largest absolute Gasteiger partial charge is 0.369 e. The lowest BCUT2D eigenvalue weighted by atomic mass is 10.1. The molecule has 0 atom stereocenters. The molecule has 0 unspecified atom stereocenters. The summed E-state index contributed by atoms with van der Waals surface area (Å²) in [6.45, 7) is 0.164. The number of nitrogens with one attached hydrogen (secondary N) is 1. The lowest BCUT2D eigenvalue weighted by molar-refractivity contribution is 0.557. The molecule has 0 bridgehead atoms. The molecule has 0 fully saturated rings. The lowest BCUT2D eigenvalue weighted by Gasteiger charge is -2.10. The molecular formula is C14H14F2N2O2S. The van der Waals surface area contributed by atoms with Crippen LogP contribution in [0.4, 0.5) is 14.6 Å². The number of rotatable bonds is 5. The number of benzene rings is 1. The van der Waals surface area contributed by atoms with Gasteiger partial charge < -0.3 is 5.32 Å². The number of anilines is 1. The second-order valence-electron chi connectivity index (χ2n) is 4.50. The van der Waals surface area contributed by atoms with Crippen LogP contribution in [0.25, 0.3) is 0 Å². The van der Waals surface area contributed by atoms with Crippen molar-refractivity contribution >= 4 is 15.7 Å². The molecule has 2 rings (SSSR count). The summed E-state index contributed by atoms with van der Waals surface area (Å²) in [6.07, 6.45) is 2.60. The highest BCUT2D eigenvalue weighted by Crippen LogP contribution is 2.18. The van der Waals surface area contributed by atoms with Gasteiger partial charge in [0, 0.05) is 24.6 Å². The number of sulfone groups is 1. The van der Waals surface area contributed by atoms with Crippen molar-refractivity contribution in [3.05, 3.63) is 53.7 Å². The molecule has 0 amide bonds. The zero-order valence-corrected chi connectivity index (χ0v) is 12.1. The Balaban J connectivity index is 2.12. The maximum absolute atomic E-state index is 13.5. The van der Waals surface area contributed by atoms with Crippen molar-refractivity contribution in [2.24, 2.45) is 0 Å². The normalized spacial score (nSPS) is 11.4. The fraction of sp³-hybridized carbons (Fsp3) is 0.214. The van der Waals surface area contributed by atoms with Crippen LogP contribution in [0.3, 0.4) is 0 Å². The summed E-state index contributed by atoms with van der Waals surface area (Å²) in [4.78, 5) is 4.00. The Kier molecular flexibility index (Phi) is 4.52. The van der Waals surface area contributed by atoms with Gasteiger partial charge in [0.05, 0.1) is 0 Å². The molecule has 0 saturated heterocycles. The molecular weight excluding hydrogens is 298 g/mol. The van der Waals surface area contributed by atoms with Crippen molar-refractivity contribution in [3.63, 3.8) is 0 Å². The highest BCUT2D eigenvalue weighted by molar-refractivity contribution is 7.90. The predicted octanol–water partition coefficient (Wildman–Crippen LogP) is 2.42. The summed E-state index contributed by atoms with van der Waals surface area (Å²) < 4.78 is 50.1. The minimum absolute atomic E-state index is 0.0400. The van der Waals surface area contributed by atoms with E-state index in [9.17, 15) is 17.2 Å². The molecule has 0 radical (unpaired) electrons. The molecule has 0 aliphatic heterocycles. The van der Waals surface area contributed by atoms with E-state index in [0.29, 0.717) is 0 Å². The van der Waals surface area contributed by atoms with Crippen LogP contribution in [0, 0.1) is 11.6 Å². The van der Waals surface area contributed by atoms with Gasteiger partial charge in [0.2, 0.25) is 0 Å². The van der Waals surface area contributed by atoms with Crippen molar-refractivity contribution in [1.82, 2.24) is 4.98 Å². The molecule has 1 aromatic carbocycles. The highest BCUT2D eigenvalue weighted by Gasteiger charge is 2.14. The Labute approximate surface area is 121 Å². The van der Waals surface area contributed by atoms with Gasteiger partial charge in [0.25, 0.3) is 0 Å². The van der Waals surface area contributed by atoms with E-state index in [2.05, 4.69) is 10.3 Å². The third-order valence-electron chi connectivity index (χ3n) is 2.90. The number of halogens is 2. The van der Waals surface area contributed by atoms with Gasteiger partial charge in [0.1, 0.15) is 22.3 Å². The molecule has 4 nitrogen and oxygen atoms in total. The summed E-state index contributed by atoms with van der Waals surface area (Å²) in [6, 6.07) is 6.59. The average Bonchev–Trinajstić information content (AvgIpc) is 2.41. The van der Waals surface area contributed by atoms with Crippen LogP contribution in [-0.2, 0) is 16.3 Å². The van der Waals surface area contributed by atoms with E-state index in [1.54, 1.807) is 0 Å². The third-order valence-corrected chi connectivity index (χ3v) is 4.03. The molecule has 21 heavy (non-hydrogen) atoms. The maximum Gasteiger partial charge on any atom is 0.179 e. The van der Waals surface area contributed by atoms with E-state index >= 15 is 0 Å². The van der Waals surface area contributed by atoms with Gasteiger partial charge in [-0.2, -0.15) is 0 Å². The standard InChI is InChI=1S/C14H14F2N2O2S/c1-21(19,20)13-6-3-8-17-14(13)18-9-7-10-11(15)4-2-5-12(10)16/h2-6,8H,7,9H2,1H3,(H,17,18). The number of hydrogen-bond acceptors (Lipinski definition) is 4. The van der Waals surface area contributed by atoms with Crippen molar-refractivity contribution in [2.45, 2.75) is 11.3 Å². The summed E-state index contributed by atoms with van der Waals surface area (Å²) in [5, 5.41) is 2.80. The van der Waals surface area contributed by atoms with E-state index in [1.807, 2.05) is 0 Å². The van der Waals surface area contributed by atoms with E-state index in [1.165, 1.54) is 36.5 Å². The van der Waals surface area contributed by atoms with Crippen LogP contribution < -0.4 is 5.32 Å². The molecule has 1 heterocycles. The quantitative estimate of drug-likeness (QED) is 0.921. The van der Waals surface area contributed by atoms with Gasteiger partial charge >= 0.3 is 0 Å². The van der Waals surface area contributed by atoms with Crippen molar-refractivity contribution < 1.29 is 17.2 Å². The monoisotopic (exact) mass is 312 g/mol. The van der Waals surface area contributed by atoms with Crippen LogP contribution in [-0.4, -0.2) is 26.2 Å². The van der Waals surface area contributed by atoms with Crippen molar-refractivity contribution in [3.8, 4) is 0 Å². The van der Waals surface area contributed by atoms with E-state index in [0.717, 1.165) is 6.26 Å². The van der Waals surface area contributed by atoms with Gasteiger partial charge in [-0.1, -0.05) is 6.07 Å². The Morgan fingerprint density at radius 3 is 2.43 bits per heavy atom. The number of pyridine rings is 1. The third kappa shape index (κ3) is 3.75. The molecule has 2 aromatic rings. The van der Waals surface area contributed by atoms with Gasteiger partial charge in [-0.3, -0.25) is 0 Å². The predicted molar refractivity (Wildman–Crippen MR) is 75.9 cm³/mol. The molecule has 1 aromatic heterocycles.